The first kappa shape index (κ1) is 13.2. The summed E-state index contributed by atoms with van der Waals surface area (Å²) in [5, 5.41) is 3.94. The number of nitrogens with zero attached hydrogens (tertiary/aromatic N) is 2. The third-order valence-corrected chi connectivity index (χ3v) is 2.07. The highest BCUT2D eigenvalue weighted by atomic mass is 16.5. The number of hydrogen-bond acceptors (Lipinski definition) is 5. The molecular formula is C11H16N2O4. The molecule has 0 amide bonds. The van der Waals surface area contributed by atoms with Crippen LogP contribution in [0.25, 0.3) is 0 Å². The summed E-state index contributed by atoms with van der Waals surface area (Å²) in [4.78, 5) is 23.1. The van der Waals surface area contributed by atoms with Crippen LogP contribution in [0, 0.1) is 0 Å². The Balaban J connectivity index is 2.73. The van der Waals surface area contributed by atoms with Crippen LogP contribution in [-0.2, 0) is 19.1 Å². The molecule has 0 aliphatic heterocycles. The summed E-state index contributed by atoms with van der Waals surface area (Å²) in [5.41, 5.74) is 0. The van der Waals surface area contributed by atoms with Crippen molar-refractivity contribution in [2.24, 2.45) is 0 Å². The molecule has 0 N–H and O–H groups in total. The van der Waals surface area contributed by atoms with Gasteiger partial charge in [0.05, 0.1) is 19.6 Å². The fourth-order valence-corrected chi connectivity index (χ4v) is 1.37. The minimum atomic E-state index is -0.760. The van der Waals surface area contributed by atoms with Crippen molar-refractivity contribution in [3.63, 3.8) is 0 Å². The molecular weight excluding hydrogens is 224 g/mol. The molecule has 0 saturated carbocycles. The van der Waals surface area contributed by atoms with Crippen LogP contribution in [0.3, 0.4) is 0 Å². The van der Waals surface area contributed by atoms with Crippen molar-refractivity contribution in [2.45, 2.75) is 26.3 Å². The number of carbonyl (C=O) groups excluding carboxylic acids is 2. The molecule has 0 bridgehead atoms. The summed E-state index contributed by atoms with van der Waals surface area (Å²) in [6.07, 6.45) is 3.08. The van der Waals surface area contributed by atoms with Gasteiger partial charge in [0.1, 0.15) is 0 Å². The summed E-state index contributed by atoms with van der Waals surface area (Å²) < 4.78 is 11.1. The molecule has 6 heteroatoms. The average Bonchev–Trinajstić information content (AvgIpc) is 2.79. The van der Waals surface area contributed by atoms with E-state index in [-0.39, 0.29) is 19.6 Å². The van der Waals surface area contributed by atoms with Crippen LogP contribution < -0.4 is 0 Å². The molecule has 0 saturated heterocycles. The molecule has 1 rings (SSSR count). The van der Waals surface area contributed by atoms with Crippen LogP contribution in [0.2, 0.25) is 0 Å². The first-order valence-corrected chi connectivity index (χ1v) is 5.50. The SMILES string of the molecule is CCOC(=O)CC(C(=O)OCC)n1cccn1. The standard InChI is InChI=1S/C11H16N2O4/c1-3-16-10(14)8-9(11(15)17-4-2)13-7-5-6-12-13/h5-7,9H,3-4,8H2,1-2H3. The van der Waals surface area contributed by atoms with E-state index in [4.69, 9.17) is 9.47 Å². The molecule has 1 aromatic heterocycles. The molecule has 17 heavy (non-hydrogen) atoms. The van der Waals surface area contributed by atoms with Gasteiger partial charge in [-0.05, 0) is 19.9 Å². The molecule has 1 aromatic rings. The number of aromatic nitrogens is 2. The van der Waals surface area contributed by atoms with Crippen LogP contribution in [-0.4, -0.2) is 34.9 Å². The van der Waals surface area contributed by atoms with Crippen molar-refractivity contribution in [1.82, 2.24) is 9.78 Å². The van der Waals surface area contributed by atoms with Crippen molar-refractivity contribution in [3.8, 4) is 0 Å². The Bertz CT molecular complexity index is 362. The zero-order valence-electron chi connectivity index (χ0n) is 9.96. The zero-order valence-corrected chi connectivity index (χ0v) is 9.96. The van der Waals surface area contributed by atoms with Crippen LogP contribution in [0.1, 0.15) is 26.3 Å². The van der Waals surface area contributed by atoms with Gasteiger partial charge in [-0.25, -0.2) is 4.79 Å². The first-order valence-electron chi connectivity index (χ1n) is 5.50. The predicted molar refractivity (Wildman–Crippen MR) is 59.1 cm³/mol. The topological polar surface area (TPSA) is 70.4 Å². The van der Waals surface area contributed by atoms with Crippen molar-refractivity contribution in [1.29, 1.82) is 0 Å². The maximum Gasteiger partial charge on any atom is 0.331 e. The Morgan fingerprint density at radius 1 is 1.29 bits per heavy atom. The minimum absolute atomic E-state index is 0.0750. The minimum Gasteiger partial charge on any atom is -0.466 e. The highest BCUT2D eigenvalue weighted by Gasteiger charge is 2.25. The van der Waals surface area contributed by atoms with E-state index in [1.165, 1.54) is 10.9 Å². The van der Waals surface area contributed by atoms with Crippen LogP contribution in [0.15, 0.2) is 18.5 Å². The van der Waals surface area contributed by atoms with Gasteiger partial charge in [0.25, 0.3) is 0 Å². The monoisotopic (exact) mass is 240 g/mol. The van der Waals surface area contributed by atoms with Gasteiger partial charge in [0.15, 0.2) is 6.04 Å². The zero-order chi connectivity index (χ0) is 12.7. The van der Waals surface area contributed by atoms with E-state index in [1.807, 2.05) is 0 Å². The number of rotatable bonds is 6. The maximum atomic E-state index is 11.7. The van der Waals surface area contributed by atoms with Gasteiger partial charge in [-0.15, -0.1) is 0 Å². The van der Waals surface area contributed by atoms with Gasteiger partial charge in [0, 0.05) is 12.4 Å². The molecule has 0 aromatic carbocycles. The Kier molecular flexibility index (Phi) is 5.19. The fraction of sp³-hybridized carbons (Fsp3) is 0.545. The second kappa shape index (κ2) is 6.67. The lowest BCUT2D eigenvalue weighted by Crippen LogP contribution is -2.26. The second-order valence-corrected chi connectivity index (χ2v) is 3.26. The summed E-state index contributed by atoms with van der Waals surface area (Å²) in [6.45, 7) is 3.97. The normalized spacial score (nSPS) is 11.9. The molecule has 94 valence electrons. The molecule has 1 unspecified atom stereocenters. The Labute approximate surface area is 99.5 Å². The third kappa shape index (κ3) is 3.90. The predicted octanol–water partition coefficient (Wildman–Crippen LogP) is 0.940. The highest BCUT2D eigenvalue weighted by Crippen LogP contribution is 2.13. The molecule has 0 radical (unpaired) electrons. The smallest absolute Gasteiger partial charge is 0.331 e. The molecule has 1 atom stereocenters. The summed E-state index contributed by atoms with van der Waals surface area (Å²) >= 11 is 0. The van der Waals surface area contributed by atoms with E-state index in [1.54, 1.807) is 26.1 Å². The number of carbonyl (C=O) groups is 2. The van der Waals surface area contributed by atoms with E-state index in [0.717, 1.165) is 0 Å². The Morgan fingerprint density at radius 3 is 2.53 bits per heavy atom. The number of esters is 2. The van der Waals surface area contributed by atoms with Crippen molar-refractivity contribution in [3.05, 3.63) is 18.5 Å². The van der Waals surface area contributed by atoms with Gasteiger partial charge >= 0.3 is 11.9 Å². The molecule has 6 nitrogen and oxygen atoms in total. The number of hydrogen-bond donors (Lipinski definition) is 0. The van der Waals surface area contributed by atoms with Gasteiger partial charge in [0.2, 0.25) is 0 Å². The van der Waals surface area contributed by atoms with E-state index < -0.39 is 18.0 Å². The molecule has 0 spiro atoms. The second-order valence-electron chi connectivity index (χ2n) is 3.26. The Morgan fingerprint density at radius 2 is 2.00 bits per heavy atom. The lowest BCUT2D eigenvalue weighted by Gasteiger charge is -2.15. The van der Waals surface area contributed by atoms with E-state index in [0.29, 0.717) is 0 Å². The third-order valence-electron chi connectivity index (χ3n) is 2.07. The van der Waals surface area contributed by atoms with Crippen molar-refractivity contribution < 1.29 is 19.1 Å². The van der Waals surface area contributed by atoms with E-state index >= 15 is 0 Å². The largest absolute Gasteiger partial charge is 0.466 e. The van der Waals surface area contributed by atoms with Crippen LogP contribution in [0.5, 0.6) is 0 Å². The summed E-state index contributed by atoms with van der Waals surface area (Å²) in [5.74, 6) is -0.926. The molecule has 0 aliphatic carbocycles. The summed E-state index contributed by atoms with van der Waals surface area (Å²) in [6, 6.07) is 0.918. The van der Waals surface area contributed by atoms with Crippen molar-refractivity contribution in [2.75, 3.05) is 13.2 Å². The van der Waals surface area contributed by atoms with Crippen LogP contribution >= 0.6 is 0 Å². The van der Waals surface area contributed by atoms with E-state index in [2.05, 4.69) is 5.10 Å². The molecule has 0 fully saturated rings. The molecule has 0 aliphatic rings. The quantitative estimate of drug-likeness (QED) is 0.692. The van der Waals surface area contributed by atoms with E-state index in [9.17, 15) is 9.59 Å². The molecule has 1 heterocycles. The Hall–Kier alpha value is -1.85. The van der Waals surface area contributed by atoms with Crippen molar-refractivity contribution >= 4 is 11.9 Å². The number of ether oxygens (including phenoxy) is 2. The van der Waals surface area contributed by atoms with Gasteiger partial charge in [-0.1, -0.05) is 0 Å². The first-order chi connectivity index (χ1) is 8.19. The van der Waals surface area contributed by atoms with Crippen LogP contribution in [0.4, 0.5) is 0 Å². The highest BCUT2D eigenvalue weighted by molar-refractivity contribution is 5.81. The van der Waals surface area contributed by atoms with Gasteiger partial charge < -0.3 is 9.47 Å². The summed E-state index contributed by atoms with van der Waals surface area (Å²) in [7, 11) is 0. The van der Waals surface area contributed by atoms with Gasteiger partial charge in [-0.2, -0.15) is 5.10 Å². The fourth-order valence-electron chi connectivity index (χ4n) is 1.37. The lowest BCUT2D eigenvalue weighted by atomic mass is 10.2. The lowest BCUT2D eigenvalue weighted by molar-refractivity contribution is -0.154. The van der Waals surface area contributed by atoms with Gasteiger partial charge in [-0.3, -0.25) is 9.48 Å². The maximum absolute atomic E-state index is 11.7. The average molecular weight is 240 g/mol.